The molecule has 4 heterocycles. The topological polar surface area (TPSA) is 112 Å². The number of aliphatic hydroxyl groups is 1. The summed E-state index contributed by atoms with van der Waals surface area (Å²) in [6.45, 7) is 1.24. The first-order chi connectivity index (χ1) is 18.5. The van der Waals surface area contributed by atoms with Gasteiger partial charge in [-0.2, -0.15) is 9.61 Å². The number of anilines is 1. The van der Waals surface area contributed by atoms with E-state index in [4.69, 9.17) is 14.8 Å². The fourth-order valence-electron chi connectivity index (χ4n) is 5.39. The molecule has 38 heavy (non-hydrogen) atoms. The monoisotopic (exact) mass is 522 g/mol. The Morgan fingerprint density at radius 3 is 2.76 bits per heavy atom. The molecule has 200 valence electrons. The number of rotatable bonds is 3. The van der Waals surface area contributed by atoms with Crippen molar-refractivity contribution in [2.75, 3.05) is 44.3 Å². The largest absolute Gasteiger partial charge is 0.483 e. The summed E-state index contributed by atoms with van der Waals surface area (Å²) in [4.78, 5) is 35.0. The molecule has 6 rings (SSSR count). The summed E-state index contributed by atoms with van der Waals surface area (Å²) in [5.74, 6) is 0.0836. The van der Waals surface area contributed by atoms with E-state index in [1.165, 1.54) is 18.2 Å². The molecule has 2 N–H and O–H groups in total. The minimum absolute atomic E-state index is 0.0635. The van der Waals surface area contributed by atoms with Gasteiger partial charge >= 0.3 is 0 Å². The molecule has 2 amide bonds. The number of nitrogens with one attached hydrogen (secondary N) is 1. The van der Waals surface area contributed by atoms with Crippen molar-refractivity contribution >= 4 is 23.3 Å². The number of nitrogens with zero attached hydrogens (tertiary/aromatic N) is 5. The second-order valence-corrected chi connectivity index (χ2v) is 10.2. The number of benzene rings is 1. The second kappa shape index (κ2) is 10.2. The summed E-state index contributed by atoms with van der Waals surface area (Å²) < 4.78 is 21.7. The van der Waals surface area contributed by atoms with Crippen molar-refractivity contribution in [3.05, 3.63) is 53.1 Å². The van der Waals surface area contributed by atoms with Gasteiger partial charge in [-0.15, -0.1) is 0 Å². The summed E-state index contributed by atoms with van der Waals surface area (Å²) in [5, 5.41) is 17.6. The average Bonchev–Trinajstić information content (AvgIpc) is 3.69. The van der Waals surface area contributed by atoms with E-state index in [0.717, 1.165) is 42.9 Å². The number of hydrogen-bond acceptors (Lipinski definition) is 7. The molecule has 1 unspecified atom stereocenters. The number of β-amino-alcohol motifs (C(OH)–C–C–N with tert-alkyl or cyclic N) is 1. The van der Waals surface area contributed by atoms with E-state index in [2.05, 4.69) is 5.32 Å². The smallest absolute Gasteiger partial charge is 0.258 e. The highest BCUT2D eigenvalue weighted by molar-refractivity contribution is 5.97. The molecule has 2 bridgehead atoms. The van der Waals surface area contributed by atoms with Crippen LogP contribution >= 0.6 is 0 Å². The number of hydrogen-bond donors (Lipinski definition) is 2. The van der Waals surface area contributed by atoms with Gasteiger partial charge in [0.25, 0.3) is 11.8 Å². The molecule has 3 aromatic rings. The number of fused-ring (bicyclic) bond motifs is 4. The van der Waals surface area contributed by atoms with Gasteiger partial charge in [0.15, 0.2) is 12.3 Å². The average molecular weight is 523 g/mol. The van der Waals surface area contributed by atoms with Crippen molar-refractivity contribution in [1.29, 1.82) is 0 Å². The maximum absolute atomic E-state index is 14.3. The number of halogens is 1. The molecule has 10 nitrogen and oxygen atoms in total. The molecule has 1 atom stereocenters. The van der Waals surface area contributed by atoms with E-state index in [1.807, 2.05) is 17.0 Å². The van der Waals surface area contributed by atoms with Crippen molar-refractivity contribution in [2.24, 2.45) is 0 Å². The van der Waals surface area contributed by atoms with Gasteiger partial charge in [-0.3, -0.25) is 9.59 Å². The third-order valence-electron chi connectivity index (χ3n) is 7.48. The van der Waals surface area contributed by atoms with Gasteiger partial charge < -0.3 is 25.0 Å². The Balaban J connectivity index is 1.48. The molecule has 1 aliphatic carbocycles. The number of piperidine rings is 1. The Hall–Kier alpha value is -3.73. The van der Waals surface area contributed by atoms with Crippen molar-refractivity contribution in [3.63, 3.8) is 0 Å². The molecular formula is C27H31FN6O4. The number of ether oxygens (including phenoxy) is 1. The maximum Gasteiger partial charge on any atom is 0.258 e. The van der Waals surface area contributed by atoms with E-state index in [1.54, 1.807) is 9.42 Å². The van der Waals surface area contributed by atoms with Crippen LogP contribution in [0.5, 0.6) is 5.75 Å². The summed E-state index contributed by atoms with van der Waals surface area (Å²) >= 11 is 0. The minimum atomic E-state index is -0.550. The normalized spacial score (nSPS) is 20.7. The lowest BCUT2D eigenvalue weighted by molar-refractivity contribution is -0.123. The number of carbonyl (C=O) groups is 2. The highest BCUT2D eigenvalue weighted by Gasteiger charge is 2.34. The first-order valence-corrected chi connectivity index (χ1v) is 13.3. The lowest BCUT2D eigenvalue weighted by atomic mass is 9.98. The van der Waals surface area contributed by atoms with Crippen molar-refractivity contribution in [2.45, 2.75) is 44.1 Å². The van der Waals surface area contributed by atoms with Crippen LogP contribution in [0.1, 0.15) is 65.8 Å². The number of aliphatic hydroxyl groups excluding tert-OH is 1. The van der Waals surface area contributed by atoms with E-state index < -0.39 is 5.82 Å². The zero-order valence-electron chi connectivity index (χ0n) is 21.1. The van der Waals surface area contributed by atoms with Crippen LogP contribution in [0.15, 0.2) is 30.3 Å². The molecule has 0 radical (unpaired) electrons. The molecular weight excluding hydrogens is 491 g/mol. The molecule has 1 saturated carbocycles. The van der Waals surface area contributed by atoms with Gasteiger partial charge in [-0.25, -0.2) is 9.37 Å². The van der Waals surface area contributed by atoms with Gasteiger partial charge in [0.2, 0.25) is 0 Å². The summed E-state index contributed by atoms with van der Waals surface area (Å²) in [6.07, 6.45) is 4.64. The van der Waals surface area contributed by atoms with Crippen LogP contribution in [0.4, 0.5) is 10.2 Å². The van der Waals surface area contributed by atoms with Crippen molar-refractivity contribution in [3.8, 4) is 5.75 Å². The predicted octanol–water partition coefficient (Wildman–Crippen LogP) is 2.42. The van der Waals surface area contributed by atoms with Crippen LogP contribution in [-0.4, -0.2) is 75.8 Å². The Labute approximate surface area is 219 Å². The highest BCUT2D eigenvalue weighted by atomic mass is 19.1. The highest BCUT2D eigenvalue weighted by Crippen LogP contribution is 2.41. The predicted molar refractivity (Wildman–Crippen MR) is 137 cm³/mol. The van der Waals surface area contributed by atoms with Crippen LogP contribution in [-0.2, 0) is 4.79 Å². The van der Waals surface area contributed by atoms with Crippen LogP contribution < -0.4 is 15.0 Å². The fourth-order valence-corrected chi connectivity index (χ4v) is 5.39. The number of aromatic nitrogens is 3. The van der Waals surface area contributed by atoms with Gasteiger partial charge in [-0.1, -0.05) is 0 Å². The standard InChI is InChI=1S/C27H31FN6O4/c28-18-6-7-23-19(13-18)27(37)33-9-2-1-3-22(33)21-14-24-30-20(17-4-5-17)15-26(34(24)31-21)32(11-12-35)10-8-29-25(36)16-38-23/h6-7,13-15,17,22,35H,1-5,8-12,16H2,(H,29,36). The molecule has 1 saturated heterocycles. The van der Waals surface area contributed by atoms with Crippen LogP contribution in [0.3, 0.4) is 0 Å². The zero-order valence-corrected chi connectivity index (χ0v) is 21.1. The Kier molecular flexibility index (Phi) is 6.61. The molecule has 1 aromatic carbocycles. The van der Waals surface area contributed by atoms with Crippen LogP contribution in [0, 0.1) is 5.82 Å². The Morgan fingerprint density at radius 1 is 1.08 bits per heavy atom. The van der Waals surface area contributed by atoms with Gasteiger partial charge in [0.05, 0.1) is 23.9 Å². The van der Waals surface area contributed by atoms with Gasteiger partial charge in [-0.05, 0) is 50.3 Å². The van der Waals surface area contributed by atoms with Crippen LogP contribution in [0.25, 0.3) is 5.65 Å². The number of amides is 2. The van der Waals surface area contributed by atoms with E-state index in [0.29, 0.717) is 44.2 Å². The molecule has 3 aliphatic rings. The number of carbonyl (C=O) groups excluding carboxylic acids is 2. The fraction of sp³-hybridized carbons (Fsp3) is 0.481. The second-order valence-electron chi connectivity index (χ2n) is 10.2. The summed E-state index contributed by atoms with van der Waals surface area (Å²) in [5.41, 5.74) is 2.48. The van der Waals surface area contributed by atoms with Gasteiger partial charge in [0.1, 0.15) is 17.4 Å². The SMILES string of the molecule is O=C1COc2ccc(F)cc2C(=O)N2CCCCC2c2cc3nc(C4CC4)cc(n3n2)N(CCO)CCN1. The molecule has 2 aromatic heterocycles. The van der Waals surface area contributed by atoms with Crippen LogP contribution in [0.2, 0.25) is 0 Å². The third-order valence-corrected chi connectivity index (χ3v) is 7.48. The summed E-state index contributed by atoms with van der Waals surface area (Å²) in [6, 6.07) is 7.42. The lowest BCUT2D eigenvalue weighted by Crippen LogP contribution is -2.40. The quantitative estimate of drug-likeness (QED) is 0.543. The molecule has 11 heteroatoms. The van der Waals surface area contributed by atoms with E-state index in [-0.39, 0.29) is 42.4 Å². The van der Waals surface area contributed by atoms with E-state index in [9.17, 15) is 19.1 Å². The summed E-state index contributed by atoms with van der Waals surface area (Å²) in [7, 11) is 0. The zero-order chi connectivity index (χ0) is 26.2. The Morgan fingerprint density at radius 2 is 1.95 bits per heavy atom. The van der Waals surface area contributed by atoms with Crippen molar-refractivity contribution < 1.29 is 23.8 Å². The maximum atomic E-state index is 14.3. The Bertz CT molecular complexity index is 1370. The first-order valence-electron chi connectivity index (χ1n) is 13.3. The van der Waals surface area contributed by atoms with E-state index >= 15 is 0 Å². The molecule has 2 aliphatic heterocycles. The molecule has 2 fully saturated rings. The first kappa shape index (κ1) is 24.6. The lowest BCUT2D eigenvalue weighted by Gasteiger charge is -2.35. The van der Waals surface area contributed by atoms with Crippen molar-refractivity contribution in [1.82, 2.24) is 24.8 Å². The third kappa shape index (κ3) is 4.78. The minimum Gasteiger partial charge on any atom is -0.483 e. The van der Waals surface area contributed by atoms with Gasteiger partial charge in [0, 0.05) is 49.9 Å². The molecule has 0 spiro atoms.